The molecule has 0 aliphatic rings. The summed E-state index contributed by atoms with van der Waals surface area (Å²) in [5, 5.41) is 19.0. The van der Waals surface area contributed by atoms with Crippen molar-refractivity contribution in [2.45, 2.75) is 0 Å². The highest BCUT2D eigenvalue weighted by Gasteiger charge is 2.06. The van der Waals surface area contributed by atoms with E-state index in [1.54, 1.807) is 6.07 Å². The van der Waals surface area contributed by atoms with Gasteiger partial charge in [0.25, 0.3) is 0 Å². The highest BCUT2D eigenvalue weighted by atomic mass is 19.1. The van der Waals surface area contributed by atoms with Crippen LogP contribution < -0.4 is 0 Å². The number of nitrogens with zero attached hydrogens (tertiary/aromatic N) is 1. The van der Waals surface area contributed by atoms with Crippen LogP contribution in [0.2, 0.25) is 0 Å². The van der Waals surface area contributed by atoms with Crippen molar-refractivity contribution < 1.29 is 14.6 Å². The molecular weight excluding hydrogens is 173 g/mol. The molecule has 0 fully saturated rings. The summed E-state index contributed by atoms with van der Waals surface area (Å²) in [6.07, 6.45) is 0. The minimum absolute atomic E-state index is 0.0694. The van der Waals surface area contributed by atoms with E-state index in [0.29, 0.717) is 5.39 Å². The fourth-order valence-corrected chi connectivity index (χ4v) is 1.14. The second-order valence-corrected chi connectivity index (χ2v) is 2.64. The van der Waals surface area contributed by atoms with E-state index in [9.17, 15) is 9.50 Å². The maximum Gasteiger partial charge on any atom is 0.213 e. The Kier molecular flexibility index (Phi) is 1.55. The maximum atomic E-state index is 12.6. The standard InChI is InChI=1S/C9H6FNO2/c10-7-4-2-5-1-3-6(12)9(13)8(5)11-7/h1-4,12-13H. The molecule has 0 bridgehead atoms. The largest absolute Gasteiger partial charge is 0.504 e. The molecule has 0 aliphatic heterocycles. The van der Waals surface area contributed by atoms with E-state index < -0.39 is 11.7 Å². The Morgan fingerprint density at radius 2 is 1.77 bits per heavy atom. The zero-order valence-corrected chi connectivity index (χ0v) is 6.53. The average Bonchev–Trinajstić information content (AvgIpc) is 2.12. The van der Waals surface area contributed by atoms with Crippen LogP contribution in [0.1, 0.15) is 0 Å². The van der Waals surface area contributed by atoms with E-state index in [0.717, 1.165) is 0 Å². The summed E-state index contributed by atoms with van der Waals surface area (Å²) in [5.41, 5.74) is 0.0694. The molecule has 4 heteroatoms. The second-order valence-electron chi connectivity index (χ2n) is 2.64. The third-order valence-electron chi connectivity index (χ3n) is 1.78. The Morgan fingerprint density at radius 3 is 2.54 bits per heavy atom. The minimum Gasteiger partial charge on any atom is -0.504 e. The molecule has 2 N–H and O–H groups in total. The van der Waals surface area contributed by atoms with Gasteiger partial charge in [0, 0.05) is 5.39 Å². The lowest BCUT2D eigenvalue weighted by molar-refractivity contribution is 0.407. The van der Waals surface area contributed by atoms with E-state index in [1.807, 2.05) is 0 Å². The molecular formula is C9H6FNO2. The molecule has 0 radical (unpaired) electrons. The number of rotatable bonds is 0. The van der Waals surface area contributed by atoms with Gasteiger partial charge in [-0.2, -0.15) is 4.39 Å². The molecule has 66 valence electrons. The first kappa shape index (κ1) is 7.79. The molecule has 1 aromatic heterocycles. The number of aromatic hydroxyl groups is 2. The fourth-order valence-electron chi connectivity index (χ4n) is 1.14. The Bertz CT molecular complexity index is 465. The van der Waals surface area contributed by atoms with Crippen LogP contribution in [-0.4, -0.2) is 15.2 Å². The van der Waals surface area contributed by atoms with Gasteiger partial charge in [-0.3, -0.25) is 0 Å². The van der Waals surface area contributed by atoms with Crippen molar-refractivity contribution in [3.05, 3.63) is 30.2 Å². The van der Waals surface area contributed by atoms with E-state index in [1.165, 1.54) is 18.2 Å². The van der Waals surface area contributed by atoms with Gasteiger partial charge in [0.2, 0.25) is 5.95 Å². The van der Waals surface area contributed by atoms with Gasteiger partial charge >= 0.3 is 0 Å². The summed E-state index contributed by atoms with van der Waals surface area (Å²) in [5.74, 6) is -1.38. The average molecular weight is 179 g/mol. The maximum absolute atomic E-state index is 12.6. The SMILES string of the molecule is Oc1ccc2ccc(F)nc2c1O. The predicted molar refractivity (Wildman–Crippen MR) is 45.0 cm³/mol. The normalized spacial score (nSPS) is 10.5. The highest BCUT2D eigenvalue weighted by molar-refractivity contribution is 5.86. The summed E-state index contributed by atoms with van der Waals surface area (Å²) in [7, 11) is 0. The molecule has 0 saturated heterocycles. The van der Waals surface area contributed by atoms with Crippen molar-refractivity contribution in [1.82, 2.24) is 4.98 Å². The van der Waals surface area contributed by atoms with Crippen LogP contribution in [0.5, 0.6) is 11.5 Å². The van der Waals surface area contributed by atoms with Crippen LogP contribution in [0.3, 0.4) is 0 Å². The number of aromatic nitrogens is 1. The van der Waals surface area contributed by atoms with Gasteiger partial charge in [-0.05, 0) is 24.3 Å². The number of phenolic OH excluding ortho intramolecular Hbond substituents is 2. The van der Waals surface area contributed by atoms with E-state index >= 15 is 0 Å². The molecule has 3 nitrogen and oxygen atoms in total. The Hall–Kier alpha value is -1.84. The van der Waals surface area contributed by atoms with Crippen LogP contribution in [0.15, 0.2) is 24.3 Å². The zero-order chi connectivity index (χ0) is 9.42. The van der Waals surface area contributed by atoms with Gasteiger partial charge in [0.15, 0.2) is 11.5 Å². The minimum atomic E-state index is -0.687. The second kappa shape index (κ2) is 2.58. The van der Waals surface area contributed by atoms with Crippen LogP contribution >= 0.6 is 0 Å². The van der Waals surface area contributed by atoms with Gasteiger partial charge in [-0.1, -0.05) is 0 Å². The number of halogens is 1. The Labute approximate surface area is 73.1 Å². The Balaban J connectivity index is 2.89. The monoisotopic (exact) mass is 179 g/mol. The first-order valence-electron chi connectivity index (χ1n) is 3.65. The van der Waals surface area contributed by atoms with E-state index in [4.69, 9.17) is 5.11 Å². The van der Waals surface area contributed by atoms with Crippen molar-refractivity contribution in [3.63, 3.8) is 0 Å². The molecule has 0 saturated carbocycles. The lowest BCUT2D eigenvalue weighted by Crippen LogP contribution is -1.84. The summed E-state index contributed by atoms with van der Waals surface area (Å²) in [6.45, 7) is 0. The van der Waals surface area contributed by atoms with Crippen molar-refractivity contribution in [3.8, 4) is 11.5 Å². The van der Waals surface area contributed by atoms with Gasteiger partial charge in [-0.25, -0.2) is 4.98 Å². The number of hydrogen-bond donors (Lipinski definition) is 2. The van der Waals surface area contributed by atoms with Crippen molar-refractivity contribution in [2.24, 2.45) is 0 Å². The number of benzene rings is 1. The molecule has 13 heavy (non-hydrogen) atoms. The molecule has 2 rings (SSSR count). The number of hydrogen-bond acceptors (Lipinski definition) is 3. The first-order valence-corrected chi connectivity index (χ1v) is 3.65. The van der Waals surface area contributed by atoms with Gasteiger partial charge < -0.3 is 10.2 Å². The zero-order valence-electron chi connectivity index (χ0n) is 6.53. The van der Waals surface area contributed by atoms with Gasteiger partial charge in [0.05, 0.1) is 0 Å². The van der Waals surface area contributed by atoms with Crippen LogP contribution in [0.25, 0.3) is 10.9 Å². The predicted octanol–water partition coefficient (Wildman–Crippen LogP) is 1.79. The molecule has 0 aliphatic carbocycles. The molecule has 0 amide bonds. The number of fused-ring (bicyclic) bond motifs is 1. The summed E-state index contributed by atoms with van der Waals surface area (Å²) >= 11 is 0. The summed E-state index contributed by atoms with van der Waals surface area (Å²) < 4.78 is 12.6. The lowest BCUT2D eigenvalue weighted by atomic mass is 10.2. The summed E-state index contributed by atoms with van der Waals surface area (Å²) in [6, 6.07) is 5.56. The first-order chi connectivity index (χ1) is 6.18. The van der Waals surface area contributed by atoms with Gasteiger partial charge in [0.1, 0.15) is 5.52 Å². The smallest absolute Gasteiger partial charge is 0.213 e. The molecule has 0 spiro atoms. The molecule has 1 aromatic carbocycles. The van der Waals surface area contributed by atoms with Crippen LogP contribution in [-0.2, 0) is 0 Å². The third kappa shape index (κ3) is 1.16. The van der Waals surface area contributed by atoms with Crippen LogP contribution in [0.4, 0.5) is 4.39 Å². The molecule has 0 atom stereocenters. The highest BCUT2D eigenvalue weighted by Crippen LogP contribution is 2.31. The van der Waals surface area contributed by atoms with Crippen molar-refractivity contribution >= 4 is 10.9 Å². The van der Waals surface area contributed by atoms with Crippen molar-refractivity contribution in [2.75, 3.05) is 0 Å². The lowest BCUT2D eigenvalue weighted by Gasteiger charge is -2.01. The topological polar surface area (TPSA) is 53.4 Å². The number of pyridine rings is 1. The van der Waals surface area contributed by atoms with Gasteiger partial charge in [-0.15, -0.1) is 0 Å². The fraction of sp³-hybridized carbons (Fsp3) is 0. The van der Waals surface area contributed by atoms with E-state index in [2.05, 4.69) is 4.98 Å². The van der Waals surface area contributed by atoms with Crippen LogP contribution in [0, 0.1) is 5.95 Å². The summed E-state index contributed by atoms with van der Waals surface area (Å²) in [4.78, 5) is 3.46. The van der Waals surface area contributed by atoms with Crippen molar-refractivity contribution in [1.29, 1.82) is 0 Å². The molecule has 2 aromatic rings. The quantitative estimate of drug-likeness (QED) is 0.478. The third-order valence-corrected chi connectivity index (χ3v) is 1.78. The molecule has 0 unspecified atom stereocenters. The Morgan fingerprint density at radius 1 is 1.08 bits per heavy atom. The van der Waals surface area contributed by atoms with E-state index in [-0.39, 0.29) is 11.3 Å². The molecule has 1 heterocycles. The number of phenols is 2.